The van der Waals surface area contributed by atoms with Crippen molar-refractivity contribution in [2.75, 3.05) is 0 Å². The summed E-state index contributed by atoms with van der Waals surface area (Å²) in [6.07, 6.45) is 0. The molecule has 1 N–H and O–H groups in total. The lowest BCUT2D eigenvalue weighted by molar-refractivity contribution is -0.139. The van der Waals surface area contributed by atoms with E-state index in [9.17, 15) is 9.90 Å². The predicted molar refractivity (Wildman–Crippen MR) is 77.6 cm³/mol. The van der Waals surface area contributed by atoms with Gasteiger partial charge in [0.2, 0.25) is 0 Å². The third kappa shape index (κ3) is 1.83. The van der Waals surface area contributed by atoms with Crippen LogP contribution in [0.4, 0.5) is 0 Å². The van der Waals surface area contributed by atoms with Gasteiger partial charge in [0.15, 0.2) is 0 Å². The maximum Gasteiger partial charge on any atom is 0.324 e. The molecular formula is C15H11BrO3. The molecule has 19 heavy (non-hydrogen) atoms. The van der Waals surface area contributed by atoms with Gasteiger partial charge in [0, 0.05) is 10.8 Å². The summed E-state index contributed by atoms with van der Waals surface area (Å²) < 4.78 is 4.62. The van der Waals surface area contributed by atoms with Crippen LogP contribution in [0.2, 0.25) is 0 Å². The van der Waals surface area contributed by atoms with Crippen LogP contribution in [0.25, 0.3) is 21.9 Å². The molecule has 3 nitrogen and oxygen atoms in total. The molecule has 0 fully saturated rings. The number of aliphatic carboxylic acids is 1. The third-order valence-corrected chi connectivity index (χ3v) is 4.12. The van der Waals surface area contributed by atoms with Crippen LogP contribution in [0.3, 0.4) is 0 Å². The van der Waals surface area contributed by atoms with E-state index in [2.05, 4.69) is 15.9 Å². The number of carboxylic acids is 1. The number of halogens is 1. The molecule has 1 aromatic heterocycles. The van der Waals surface area contributed by atoms with Crippen molar-refractivity contribution in [1.82, 2.24) is 0 Å². The SMILES string of the molecule is CC(Br)(C(=O)O)c1ccc2oc3ccccc3c2c1. The molecule has 0 bridgehead atoms. The first-order chi connectivity index (χ1) is 9.00. The Kier molecular flexibility index (Phi) is 2.64. The highest BCUT2D eigenvalue weighted by Gasteiger charge is 2.32. The summed E-state index contributed by atoms with van der Waals surface area (Å²) in [7, 11) is 0. The lowest BCUT2D eigenvalue weighted by Gasteiger charge is -2.17. The number of furan rings is 1. The first kappa shape index (κ1) is 12.2. The van der Waals surface area contributed by atoms with Crippen LogP contribution in [0.1, 0.15) is 12.5 Å². The van der Waals surface area contributed by atoms with Crippen molar-refractivity contribution >= 4 is 43.8 Å². The molecule has 1 atom stereocenters. The standard InChI is InChI=1S/C15H11BrO3/c1-15(16,14(17)18)9-6-7-13-11(8-9)10-4-2-3-5-12(10)19-13/h2-8H,1H3,(H,17,18). The molecular weight excluding hydrogens is 308 g/mol. The Bertz CT molecular complexity index is 786. The lowest BCUT2D eigenvalue weighted by Crippen LogP contribution is -2.24. The first-order valence-corrected chi connectivity index (χ1v) is 6.63. The van der Waals surface area contributed by atoms with Gasteiger partial charge in [-0.25, -0.2) is 0 Å². The predicted octanol–water partition coefficient (Wildman–Crippen LogP) is 4.28. The number of rotatable bonds is 2. The number of para-hydroxylation sites is 1. The number of alkyl halides is 1. The van der Waals surface area contributed by atoms with Crippen molar-refractivity contribution in [3.63, 3.8) is 0 Å². The Morgan fingerprint density at radius 2 is 1.84 bits per heavy atom. The monoisotopic (exact) mass is 318 g/mol. The maximum atomic E-state index is 11.3. The minimum absolute atomic E-state index is 0.694. The van der Waals surface area contributed by atoms with Gasteiger partial charge in [0.05, 0.1) is 0 Å². The molecule has 1 heterocycles. The molecule has 0 aliphatic carbocycles. The number of benzene rings is 2. The topological polar surface area (TPSA) is 50.4 Å². The van der Waals surface area contributed by atoms with Crippen LogP contribution in [0, 0.1) is 0 Å². The van der Waals surface area contributed by atoms with Crippen LogP contribution in [0.5, 0.6) is 0 Å². The first-order valence-electron chi connectivity index (χ1n) is 5.84. The van der Waals surface area contributed by atoms with E-state index in [4.69, 9.17) is 4.42 Å². The fourth-order valence-electron chi connectivity index (χ4n) is 2.14. The zero-order chi connectivity index (χ0) is 13.6. The van der Waals surface area contributed by atoms with Crippen LogP contribution < -0.4 is 0 Å². The van der Waals surface area contributed by atoms with E-state index < -0.39 is 10.3 Å². The molecule has 1 unspecified atom stereocenters. The van der Waals surface area contributed by atoms with Crippen molar-refractivity contribution in [2.24, 2.45) is 0 Å². The summed E-state index contributed by atoms with van der Waals surface area (Å²) in [4.78, 5) is 11.3. The summed E-state index contributed by atoms with van der Waals surface area (Å²) in [6.45, 7) is 1.62. The van der Waals surface area contributed by atoms with E-state index in [1.54, 1.807) is 13.0 Å². The largest absolute Gasteiger partial charge is 0.480 e. The van der Waals surface area contributed by atoms with Crippen LogP contribution >= 0.6 is 15.9 Å². The van der Waals surface area contributed by atoms with Crippen molar-refractivity contribution in [1.29, 1.82) is 0 Å². The van der Waals surface area contributed by atoms with E-state index in [0.717, 1.165) is 21.9 Å². The third-order valence-electron chi connectivity index (χ3n) is 3.32. The van der Waals surface area contributed by atoms with E-state index >= 15 is 0 Å². The van der Waals surface area contributed by atoms with Crippen LogP contribution in [-0.2, 0) is 9.12 Å². The van der Waals surface area contributed by atoms with Crippen molar-refractivity contribution in [3.8, 4) is 0 Å². The lowest BCUT2D eigenvalue weighted by atomic mass is 9.99. The van der Waals surface area contributed by atoms with Gasteiger partial charge in [0.25, 0.3) is 0 Å². The molecule has 3 aromatic rings. The summed E-state index contributed by atoms with van der Waals surface area (Å²) in [5, 5.41) is 11.2. The number of fused-ring (bicyclic) bond motifs is 3. The number of carboxylic acid groups (broad SMARTS) is 1. The fraction of sp³-hybridized carbons (Fsp3) is 0.133. The van der Waals surface area contributed by atoms with E-state index in [1.165, 1.54) is 0 Å². The minimum atomic E-state index is -1.10. The maximum absolute atomic E-state index is 11.3. The second-order valence-electron chi connectivity index (χ2n) is 4.62. The molecule has 0 saturated carbocycles. The Labute approximate surface area is 118 Å². The highest BCUT2D eigenvalue weighted by atomic mass is 79.9. The molecule has 3 rings (SSSR count). The quantitative estimate of drug-likeness (QED) is 0.717. The Morgan fingerprint density at radius 1 is 1.16 bits per heavy atom. The summed E-state index contributed by atoms with van der Waals surface area (Å²) in [6, 6.07) is 13.2. The van der Waals surface area contributed by atoms with Gasteiger partial charge in [-0.15, -0.1) is 0 Å². The van der Waals surface area contributed by atoms with Gasteiger partial charge >= 0.3 is 5.97 Å². The highest BCUT2D eigenvalue weighted by Crippen LogP contribution is 2.36. The normalized spacial score (nSPS) is 14.6. The number of carbonyl (C=O) groups is 1. The van der Waals surface area contributed by atoms with Gasteiger partial charge in [-0.3, -0.25) is 4.79 Å². The Hall–Kier alpha value is -1.81. The van der Waals surface area contributed by atoms with Gasteiger partial charge in [-0.1, -0.05) is 40.2 Å². The second kappa shape index (κ2) is 4.10. The molecule has 4 heteroatoms. The zero-order valence-corrected chi connectivity index (χ0v) is 11.8. The average molecular weight is 319 g/mol. The van der Waals surface area contributed by atoms with Crippen LogP contribution in [0.15, 0.2) is 46.9 Å². The molecule has 0 saturated heterocycles. The fourth-order valence-corrected chi connectivity index (χ4v) is 2.39. The second-order valence-corrected chi connectivity index (χ2v) is 6.20. The van der Waals surface area contributed by atoms with Gasteiger partial charge in [-0.2, -0.15) is 0 Å². The van der Waals surface area contributed by atoms with Gasteiger partial charge in [0.1, 0.15) is 15.5 Å². The summed E-state index contributed by atoms with van der Waals surface area (Å²) in [5.41, 5.74) is 2.26. The minimum Gasteiger partial charge on any atom is -0.480 e. The van der Waals surface area contributed by atoms with Gasteiger partial charge < -0.3 is 9.52 Å². The zero-order valence-electron chi connectivity index (χ0n) is 10.2. The van der Waals surface area contributed by atoms with Crippen molar-refractivity contribution < 1.29 is 14.3 Å². The van der Waals surface area contributed by atoms with E-state index in [0.29, 0.717) is 5.56 Å². The molecule has 0 aliphatic rings. The van der Waals surface area contributed by atoms with E-state index in [-0.39, 0.29) is 0 Å². The molecule has 96 valence electrons. The molecule has 0 spiro atoms. The van der Waals surface area contributed by atoms with Gasteiger partial charge in [-0.05, 0) is 30.7 Å². The summed E-state index contributed by atoms with van der Waals surface area (Å²) >= 11 is 3.26. The molecule has 0 radical (unpaired) electrons. The van der Waals surface area contributed by atoms with Crippen molar-refractivity contribution in [3.05, 3.63) is 48.0 Å². The molecule has 0 aliphatic heterocycles. The van der Waals surface area contributed by atoms with Crippen molar-refractivity contribution in [2.45, 2.75) is 11.2 Å². The molecule has 0 amide bonds. The number of hydrogen-bond acceptors (Lipinski definition) is 2. The highest BCUT2D eigenvalue weighted by molar-refractivity contribution is 9.10. The van der Waals surface area contributed by atoms with Crippen LogP contribution in [-0.4, -0.2) is 11.1 Å². The average Bonchev–Trinajstić information content (AvgIpc) is 2.76. The van der Waals surface area contributed by atoms with E-state index in [1.807, 2.05) is 36.4 Å². The number of hydrogen-bond donors (Lipinski definition) is 1. The Balaban J connectivity index is 2.31. The smallest absolute Gasteiger partial charge is 0.324 e. The molecule has 2 aromatic carbocycles. The Morgan fingerprint density at radius 3 is 2.58 bits per heavy atom. The summed E-state index contributed by atoms with van der Waals surface area (Å²) in [5.74, 6) is -0.917.